The van der Waals surface area contributed by atoms with Crippen LogP contribution in [0.25, 0.3) is 55.0 Å². The summed E-state index contributed by atoms with van der Waals surface area (Å²) in [4.78, 5) is 0. The molecule has 0 fully saturated rings. The highest BCUT2D eigenvalue weighted by Gasteiger charge is 2.25. The highest BCUT2D eigenvalue weighted by atomic mass is 16.3. The molecule has 0 amide bonds. The van der Waals surface area contributed by atoms with Gasteiger partial charge in [0.25, 0.3) is 0 Å². The van der Waals surface area contributed by atoms with Crippen molar-refractivity contribution < 1.29 is 4.42 Å². The van der Waals surface area contributed by atoms with Gasteiger partial charge in [-0.25, -0.2) is 0 Å². The largest absolute Gasteiger partial charge is 0.455 e. The van der Waals surface area contributed by atoms with Crippen LogP contribution >= 0.6 is 0 Å². The molecule has 0 atom stereocenters. The third-order valence-electron chi connectivity index (χ3n) is 6.92. The van der Waals surface area contributed by atoms with Gasteiger partial charge in [-0.3, -0.25) is 0 Å². The molecule has 0 bridgehead atoms. The summed E-state index contributed by atoms with van der Waals surface area (Å²) < 4.78 is 8.66. The van der Waals surface area contributed by atoms with Crippen molar-refractivity contribution in [2.75, 3.05) is 0 Å². The number of benzene rings is 4. The van der Waals surface area contributed by atoms with E-state index in [2.05, 4.69) is 89.5 Å². The molecule has 0 aliphatic heterocycles. The van der Waals surface area contributed by atoms with E-state index in [9.17, 15) is 5.26 Å². The van der Waals surface area contributed by atoms with Crippen molar-refractivity contribution in [3.8, 4) is 6.07 Å². The van der Waals surface area contributed by atoms with Crippen molar-refractivity contribution in [3.05, 3.63) is 108 Å². The Balaban J connectivity index is 1.58. The molecule has 2 aromatic heterocycles. The molecule has 34 heavy (non-hydrogen) atoms. The summed E-state index contributed by atoms with van der Waals surface area (Å²) in [7, 11) is 0. The molecule has 0 radical (unpaired) electrons. The number of nitriles is 1. The van der Waals surface area contributed by atoms with Gasteiger partial charge in [-0.1, -0.05) is 78.9 Å². The topological polar surface area (TPSA) is 41.9 Å². The Bertz CT molecular complexity index is 1820. The first-order valence-electron chi connectivity index (χ1n) is 11.6. The summed E-state index contributed by atoms with van der Waals surface area (Å²) >= 11 is 0. The Morgan fingerprint density at radius 3 is 2.09 bits per heavy atom. The number of nitrogens with zero attached hydrogens (tertiary/aromatic N) is 2. The predicted molar refractivity (Wildman–Crippen MR) is 139 cm³/mol. The molecule has 6 aromatic rings. The van der Waals surface area contributed by atoms with Crippen LogP contribution in [0.15, 0.2) is 107 Å². The summed E-state index contributed by atoms with van der Waals surface area (Å²) in [5.74, 6) is 0. The molecular weight excluding hydrogens is 416 g/mol. The quantitative estimate of drug-likeness (QED) is 0.274. The second-order valence-corrected chi connectivity index (χ2v) is 8.75. The Morgan fingerprint density at radius 2 is 1.35 bits per heavy atom. The lowest BCUT2D eigenvalue weighted by Crippen LogP contribution is -2.07. The average molecular weight is 437 g/mol. The van der Waals surface area contributed by atoms with E-state index in [4.69, 9.17) is 4.42 Å². The minimum Gasteiger partial charge on any atom is -0.455 e. The van der Waals surface area contributed by atoms with Crippen LogP contribution < -0.4 is 0 Å². The van der Waals surface area contributed by atoms with Crippen LogP contribution in [0, 0.1) is 11.3 Å². The highest BCUT2D eigenvalue weighted by molar-refractivity contribution is 6.17. The van der Waals surface area contributed by atoms with Crippen LogP contribution in [-0.4, -0.2) is 4.57 Å². The van der Waals surface area contributed by atoms with Gasteiger partial charge in [0, 0.05) is 32.7 Å². The van der Waals surface area contributed by atoms with Gasteiger partial charge in [0.15, 0.2) is 0 Å². The number of aromatic nitrogens is 1. The number of allylic oxidation sites excluding steroid dienone is 4. The minimum absolute atomic E-state index is 0.728. The Labute approximate surface area is 196 Å². The fourth-order valence-corrected chi connectivity index (χ4v) is 5.46. The molecule has 3 heteroatoms. The van der Waals surface area contributed by atoms with Gasteiger partial charge in [0.05, 0.1) is 28.4 Å². The SMILES string of the molecule is N#CC1=C(n2c3ccccc3c3ccccc32)C(c2cccc3c2oc2ccccc23)=CCC1. The second kappa shape index (κ2) is 7.23. The van der Waals surface area contributed by atoms with Gasteiger partial charge < -0.3 is 8.98 Å². The first-order chi connectivity index (χ1) is 16.8. The molecule has 4 aromatic carbocycles. The lowest BCUT2D eigenvalue weighted by molar-refractivity contribution is 0.667. The molecule has 0 saturated heterocycles. The monoisotopic (exact) mass is 436 g/mol. The zero-order chi connectivity index (χ0) is 22.6. The van der Waals surface area contributed by atoms with Crippen LogP contribution in [0.5, 0.6) is 0 Å². The van der Waals surface area contributed by atoms with E-state index in [-0.39, 0.29) is 0 Å². The van der Waals surface area contributed by atoms with Crippen LogP contribution in [0.1, 0.15) is 18.4 Å². The van der Waals surface area contributed by atoms with Gasteiger partial charge in [0.1, 0.15) is 11.2 Å². The normalized spacial score (nSPS) is 14.3. The lowest BCUT2D eigenvalue weighted by atomic mass is 9.90. The van der Waals surface area contributed by atoms with Crippen molar-refractivity contribution in [1.82, 2.24) is 4.57 Å². The van der Waals surface area contributed by atoms with Crippen LogP contribution in [0.2, 0.25) is 0 Å². The van der Waals surface area contributed by atoms with E-state index in [1.165, 1.54) is 10.8 Å². The van der Waals surface area contributed by atoms with E-state index >= 15 is 0 Å². The number of rotatable bonds is 2. The number of hydrogen-bond acceptors (Lipinski definition) is 2. The van der Waals surface area contributed by atoms with Gasteiger partial charge in [-0.05, 0) is 31.0 Å². The molecule has 0 spiro atoms. The van der Waals surface area contributed by atoms with Crippen molar-refractivity contribution in [3.63, 3.8) is 0 Å². The molecule has 3 nitrogen and oxygen atoms in total. The molecule has 160 valence electrons. The van der Waals surface area contributed by atoms with E-state index in [1.54, 1.807) is 0 Å². The van der Waals surface area contributed by atoms with Crippen molar-refractivity contribution in [2.24, 2.45) is 0 Å². The number of hydrogen-bond donors (Lipinski definition) is 0. The Kier molecular flexibility index (Phi) is 4.03. The molecule has 1 aliphatic carbocycles. The summed E-state index contributed by atoms with van der Waals surface area (Å²) in [5.41, 5.74) is 7.80. The first kappa shape index (κ1) is 19.0. The smallest absolute Gasteiger partial charge is 0.143 e. The Hall–Kier alpha value is -4.55. The zero-order valence-electron chi connectivity index (χ0n) is 18.5. The van der Waals surface area contributed by atoms with Crippen molar-refractivity contribution >= 4 is 55.0 Å². The third kappa shape index (κ3) is 2.57. The van der Waals surface area contributed by atoms with Crippen molar-refractivity contribution in [1.29, 1.82) is 5.26 Å². The molecular formula is C31H20N2O. The van der Waals surface area contributed by atoms with E-state index in [0.717, 1.165) is 68.2 Å². The predicted octanol–water partition coefficient (Wildman–Crippen LogP) is 8.31. The maximum absolute atomic E-state index is 10.2. The number of furan rings is 1. The molecule has 7 rings (SSSR count). The summed E-state index contributed by atoms with van der Waals surface area (Å²) in [6.45, 7) is 0. The van der Waals surface area contributed by atoms with Crippen LogP contribution in [-0.2, 0) is 0 Å². The third-order valence-corrected chi connectivity index (χ3v) is 6.92. The van der Waals surface area contributed by atoms with Gasteiger partial charge in [-0.2, -0.15) is 5.26 Å². The molecule has 0 unspecified atom stereocenters. The molecule has 1 aliphatic rings. The summed E-state index contributed by atoms with van der Waals surface area (Å²) in [6, 6.07) is 33.9. The minimum atomic E-state index is 0.728. The second-order valence-electron chi connectivity index (χ2n) is 8.75. The molecule has 2 heterocycles. The summed E-state index contributed by atoms with van der Waals surface area (Å²) in [6.07, 6.45) is 3.82. The van der Waals surface area contributed by atoms with Crippen LogP contribution in [0.3, 0.4) is 0 Å². The van der Waals surface area contributed by atoms with Crippen LogP contribution in [0.4, 0.5) is 0 Å². The summed E-state index contributed by atoms with van der Waals surface area (Å²) in [5, 5.41) is 14.8. The zero-order valence-corrected chi connectivity index (χ0v) is 18.5. The molecule has 0 saturated carbocycles. The van der Waals surface area contributed by atoms with Gasteiger partial charge in [0.2, 0.25) is 0 Å². The lowest BCUT2D eigenvalue weighted by Gasteiger charge is -2.22. The van der Waals surface area contributed by atoms with Crippen molar-refractivity contribution in [2.45, 2.75) is 12.8 Å². The van der Waals surface area contributed by atoms with E-state index in [0.29, 0.717) is 0 Å². The fourth-order valence-electron chi connectivity index (χ4n) is 5.46. The maximum atomic E-state index is 10.2. The maximum Gasteiger partial charge on any atom is 0.143 e. The average Bonchev–Trinajstić information content (AvgIpc) is 3.44. The Morgan fingerprint density at radius 1 is 0.706 bits per heavy atom. The number of fused-ring (bicyclic) bond motifs is 6. The number of para-hydroxylation sites is 4. The van der Waals surface area contributed by atoms with E-state index in [1.807, 2.05) is 18.2 Å². The van der Waals surface area contributed by atoms with Gasteiger partial charge in [-0.15, -0.1) is 0 Å². The fraction of sp³-hybridized carbons (Fsp3) is 0.0645. The van der Waals surface area contributed by atoms with E-state index < -0.39 is 0 Å². The first-order valence-corrected chi connectivity index (χ1v) is 11.6. The van der Waals surface area contributed by atoms with Gasteiger partial charge >= 0.3 is 0 Å². The molecule has 0 N–H and O–H groups in total. The highest BCUT2D eigenvalue weighted by Crippen LogP contribution is 2.44. The standard InChI is InChI=1S/C31H20N2O/c32-19-20-9-7-13-24(26-15-8-14-25-23-12-3-6-18-29(23)34-31(25)26)30(20)33-27-16-4-1-10-21(27)22-11-2-5-17-28(22)33/h1-6,8,10-18H,7,9H2.